The Balaban J connectivity index is 2.38. The Morgan fingerprint density at radius 2 is 2.43 bits per heavy atom. The number of hydrogen-bond acceptors (Lipinski definition) is 1. The third-order valence-corrected chi connectivity index (χ3v) is 0.898. The topological polar surface area (TPSA) is 12.4 Å². The summed E-state index contributed by atoms with van der Waals surface area (Å²) in [7, 11) is 0. The maximum Gasteiger partial charge on any atom is 0.0574 e. The van der Waals surface area contributed by atoms with E-state index >= 15 is 0 Å². The summed E-state index contributed by atoms with van der Waals surface area (Å²) in [5.41, 5.74) is 0. The molecular formula is C6H8N. The van der Waals surface area contributed by atoms with E-state index in [1.165, 1.54) is 0 Å². The zero-order valence-electron chi connectivity index (χ0n) is 4.22. The van der Waals surface area contributed by atoms with Gasteiger partial charge in [0.15, 0.2) is 0 Å². The fraction of sp³-hybridized carbons (Fsp3) is 0.500. The molecule has 1 nitrogen and oxygen atoms in total. The summed E-state index contributed by atoms with van der Waals surface area (Å²) in [6.45, 7) is 0.833. The van der Waals surface area contributed by atoms with Crippen molar-refractivity contribution in [3.63, 3.8) is 0 Å². The van der Waals surface area contributed by atoms with Crippen LogP contribution < -0.4 is 0 Å². The number of rotatable bonds is 0. The van der Waals surface area contributed by atoms with E-state index in [1.807, 2.05) is 0 Å². The van der Waals surface area contributed by atoms with Crippen molar-refractivity contribution in [1.82, 2.24) is 0 Å². The summed E-state index contributed by atoms with van der Waals surface area (Å²) in [6, 6.07) is 0. The molecule has 0 unspecified atom stereocenters. The average Bonchev–Trinajstić information content (AvgIpc) is 1.90. The number of allylic oxidation sites excluding steroid dienone is 1. The van der Waals surface area contributed by atoms with Crippen molar-refractivity contribution in [3.05, 3.63) is 12.2 Å². The van der Waals surface area contributed by atoms with Crippen molar-refractivity contribution in [1.29, 1.82) is 0 Å². The molecule has 7 heavy (non-hydrogen) atoms. The highest BCUT2D eigenvalue weighted by Crippen LogP contribution is 1.91. The van der Waals surface area contributed by atoms with Gasteiger partial charge in [0, 0.05) is 0 Å². The van der Waals surface area contributed by atoms with Crippen molar-refractivity contribution in [2.45, 2.75) is 12.8 Å². The zero-order valence-corrected chi connectivity index (χ0v) is 4.22. The Bertz CT molecular complexity index is 80.4. The predicted octanol–water partition coefficient (Wildman–Crippen LogP) is 1.28. The second-order valence-corrected chi connectivity index (χ2v) is 1.51. The maximum absolute atomic E-state index is 3.93. The van der Waals surface area contributed by atoms with Crippen LogP contribution >= 0.6 is 0 Å². The molecule has 0 saturated carbocycles. The fourth-order valence-electron chi connectivity index (χ4n) is 0.537. The van der Waals surface area contributed by atoms with E-state index < -0.39 is 0 Å². The largest absolute Gasteiger partial charge is 0.284 e. The van der Waals surface area contributed by atoms with E-state index in [-0.39, 0.29) is 0 Å². The van der Waals surface area contributed by atoms with Gasteiger partial charge in [-0.25, -0.2) is 0 Å². The molecule has 0 N–H and O–H groups in total. The molecule has 0 saturated heterocycles. The maximum atomic E-state index is 3.93. The summed E-state index contributed by atoms with van der Waals surface area (Å²) in [4.78, 5) is 3.93. The van der Waals surface area contributed by atoms with Crippen molar-refractivity contribution in [3.8, 4) is 0 Å². The highest BCUT2D eigenvalue weighted by atomic mass is 14.7. The van der Waals surface area contributed by atoms with E-state index in [1.54, 1.807) is 0 Å². The first kappa shape index (κ1) is 4.57. The van der Waals surface area contributed by atoms with Gasteiger partial charge in [0.25, 0.3) is 0 Å². The smallest absolute Gasteiger partial charge is 0.0574 e. The van der Waals surface area contributed by atoms with Gasteiger partial charge >= 0.3 is 0 Å². The first-order chi connectivity index (χ1) is 3.50. The number of aliphatic imine (C=N–C) groups is 1. The third kappa shape index (κ3) is 1.53. The summed E-state index contributed by atoms with van der Waals surface area (Å²) < 4.78 is 0. The van der Waals surface area contributed by atoms with E-state index in [9.17, 15) is 0 Å². The van der Waals surface area contributed by atoms with E-state index in [0.29, 0.717) is 0 Å². The Kier molecular flexibility index (Phi) is 1.67. The molecule has 0 aromatic heterocycles. The molecule has 0 amide bonds. The first-order valence-electron chi connectivity index (χ1n) is 2.54. The monoisotopic (exact) mass is 94.1 g/mol. The molecule has 0 aromatic rings. The normalized spacial score (nSPS) is 19.4. The second kappa shape index (κ2) is 2.56. The Hall–Kier alpha value is -0.590. The summed E-state index contributed by atoms with van der Waals surface area (Å²) in [6.07, 6.45) is 9.23. The lowest BCUT2D eigenvalue weighted by Crippen LogP contribution is -1.69. The standard InChI is InChI=1S/C6H8N/c1-2-4-6-7-5-3-1/h1,3H,2,4-5H2. The van der Waals surface area contributed by atoms with Crippen LogP contribution in [0, 0.1) is 0 Å². The van der Waals surface area contributed by atoms with Crippen LogP contribution in [0.4, 0.5) is 0 Å². The average molecular weight is 94.1 g/mol. The van der Waals surface area contributed by atoms with Crippen molar-refractivity contribution in [2.24, 2.45) is 4.99 Å². The lowest BCUT2D eigenvalue weighted by molar-refractivity contribution is 1.13. The van der Waals surface area contributed by atoms with Crippen LogP contribution in [0.3, 0.4) is 0 Å². The number of hydrogen-bond donors (Lipinski definition) is 0. The van der Waals surface area contributed by atoms with Crippen LogP contribution in [0.25, 0.3) is 0 Å². The Labute approximate surface area is 43.8 Å². The van der Waals surface area contributed by atoms with Crippen LogP contribution in [-0.2, 0) is 0 Å². The van der Waals surface area contributed by atoms with E-state index in [4.69, 9.17) is 0 Å². The van der Waals surface area contributed by atoms with E-state index in [2.05, 4.69) is 23.4 Å². The summed E-state index contributed by atoms with van der Waals surface area (Å²) >= 11 is 0. The SMILES string of the molecule is [C]1=NCC=CCC1. The van der Waals surface area contributed by atoms with Crippen LogP contribution in [-0.4, -0.2) is 12.8 Å². The first-order valence-corrected chi connectivity index (χ1v) is 2.54. The van der Waals surface area contributed by atoms with Gasteiger partial charge in [0.1, 0.15) is 0 Å². The van der Waals surface area contributed by atoms with Gasteiger partial charge in [-0.15, -0.1) is 0 Å². The van der Waals surface area contributed by atoms with Gasteiger partial charge < -0.3 is 0 Å². The van der Waals surface area contributed by atoms with E-state index in [0.717, 1.165) is 19.4 Å². The highest BCUT2D eigenvalue weighted by molar-refractivity contribution is 5.57. The van der Waals surface area contributed by atoms with Crippen LogP contribution in [0.5, 0.6) is 0 Å². The lowest BCUT2D eigenvalue weighted by Gasteiger charge is -1.73. The Morgan fingerprint density at radius 3 is 3.43 bits per heavy atom. The minimum absolute atomic E-state index is 0.833. The molecule has 0 aliphatic carbocycles. The predicted molar refractivity (Wildman–Crippen MR) is 30.7 cm³/mol. The second-order valence-electron chi connectivity index (χ2n) is 1.51. The fourth-order valence-corrected chi connectivity index (χ4v) is 0.537. The van der Waals surface area contributed by atoms with Gasteiger partial charge in [0.2, 0.25) is 0 Å². The molecule has 0 fully saturated rings. The molecule has 1 aliphatic rings. The molecule has 1 heterocycles. The molecule has 0 aromatic carbocycles. The molecule has 1 aliphatic heterocycles. The molecule has 1 rings (SSSR count). The minimum Gasteiger partial charge on any atom is -0.284 e. The molecule has 1 heteroatoms. The van der Waals surface area contributed by atoms with Crippen molar-refractivity contribution >= 4 is 6.21 Å². The summed E-state index contributed by atoms with van der Waals surface area (Å²) in [5.74, 6) is 0. The number of nitrogens with zero attached hydrogens (tertiary/aromatic N) is 1. The Morgan fingerprint density at radius 1 is 1.43 bits per heavy atom. The summed E-state index contributed by atoms with van der Waals surface area (Å²) in [5, 5.41) is 0. The van der Waals surface area contributed by atoms with Crippen molar-refractivity contribution in [2.75, 3.05) is 6.54 Å². The van der Waals surface area contributed by atoms with Crippen LogP contribution in [0.15, 0.2) is 17.1 Å². The minimum atomic E-state index is 0.833. The van der Waals surface area contributed by atoms with Crippen LogP contribution in [0.1, 0.15) is 12.8 Å². The lowest BCUT2D eigenvalue weighted by atomic mass is 10.3. The zero-order chi connectivity index (χ0) is 4.95. The quantitative estimate of drug-likeness (QED) is 0.401. The van der Waals surface area contributed by atoms with Gasteiger partial charge in [-0.05, 0) is 12.8 Å². The van der Waals surface area contributed by atoms with Gasteiger partial charge in [-0.2, -0.15) is 0 Å². The molecule has 0 bridgehead atoms. The molecule has 0 spiro atoms. The van der Waals surface area contributed by atoms with Gasteiger partial charge in [0.05, 0.1) is 12.8 Å². The van der Waals surface area contributed by atoms with Gasteiger partial charge in [-0.3, -0.25) is 4.99 Å². The molecule has 0 atom stereocenters. The van der Waals surface area contributed by atoms with Gasteiger partial charge in [-0.1, -0.05) is 12.2 Å². The highest BCUT2D eigenvalue weighted by Gasteiger charge is 1.81. The van der Waals surface area contributed by atoms with Crippen LogP contribution in [0.2, 0.25) is 0 Å². The third-order valence-electron chi connectivity index (χ3n) is 0.898. The molecule has 1 radical (unpaired) electrons. The van der Waals surface area contributed by atoms with Crippen molar-refractivity contribution < 1.29 is 0 Å². The molecular weight excluding hydrogens is 86.1 g/mol. The molecule has 37 valence electrons.